The Bertz CT molecular complexity index is 980. The fraction of sp³-hybridized carbons (Fsp3) is 0.560. The highest BCUT2D eigenvalue weighted by molar-refractivity contribution is 5.77. The van der Waals surface area contributed by atoms with Gasteiger partial charge in [-0.3, -0.25) is 14.3 Å². The molecule has 4 rings (SSSR count). The number of esters is 1. The first-order valence-electron chi connectivity index (χ1n) is 11.9. The Labute approximate surface area is 193 Å². The highest BCUT2D eigenvalue weighted by Crippen LogP contribution is 2.33. The van der Waals surface area contributed by atoms with Crippen molar-refractivity contribution < 1.29 is 23.8 Å². The summed E-state index contributed by atoms with van der Waals surface area (Å²) in [6.07, 6.45) is 4.45. The molecule has 2 heterocycles. The Morgan fingerprint density at radius 1 is 1.18 bits per heavy atom. The molecule has 178 valence electrons. The highest BCUT2D eigenvalue weighted by atomic mass is 19.1. The number of fused-ring (bicyclic) bond motifs is 1. The summed E-state index contributed by atoms with van der Waals surface area (Å²) in [5.74, 6) is -0.0149. The number of nitrogens with zero attached hydrogens (tertiary/aromatic N) is 3. The lowest BCUT2D eigenvalue weighted by atomic mass is 9.80. The summed E-state index contributed by atoms with van der Waals surface area (Å²) in [5, 5.41) is 14.3. The Morgan fingerprint density at radius 2 is 1.91 bits per heavy atom. The number of halogens is 1. The third-order valence-corrected chi connectivity index (χ3v) is 6.90. The van der Waals surface area contributed by atoms with E-state index in [2.05, 4.69) is 5.10 Å². The van der Waals surface area contributed by atoms with Crippen molar-refractivity contribution >= 4 is 11.9 Å². The Morgan fingerprint density at radius 3 is 2.58 bits per heavy atom. The van der Waals surface area contributed by atoms with Crippen LogP contribution in [0.2, 0.25) is 0 Å². The lowest BCUT2D eigenvalue weighted by Crippen LogP contribution is -2.38. The molecule has 0 radical (unpaired) electrons. The molecule has 1 aromatic carbocycles. The van der Waals surface area contributed by atoms with Crippen LogP contribution in [-0.4, -0.2) is 44.8 Å². The van der Waals surface area contributed by atoms with E-state index in [0.717, 1.165) is 42.5 Å². The molecule has 7 nitrogen and oxygen atoms in total. The lowest BCUT2D eigenvalue weighted by Gasteiger charge is -2.31. The van der Waals surface area contributed by atoms with Crippen LogP contribution in [0, 0.1) is 17.7 Å². The summed E-state index contributed by atoms with van der Waals surface area (Å²) in [5.41, 5.74) is 3.51. The van der Waals surface area contributed by atoms with Gasteiger partial charge in [0, 0.05) is 18.5 Å². The van der Waals surface area contributed by atoms with Gasteiger partial charge in [0.2, 0.25) is 5.91 Å². The minimum atomic E-state index is -0.287. The SMILES string of the molecule is CCOC(=O)C1CCC(CC(=O)N2CCc3c(CO)nn(Cc4ccc(F)cc4)c3C2)CC1. The first-order chi connectivity index (χ1) is 16.0. The predicted molar refractivity (Wildman–Crippen MR) is 119 cm³/mol. The van der Waals surface area contributed by atoms with Gasteiger partial charge in [-0.15, -0.1) is 0 Å². The zero-order chi connectivity index (χ0) is 23.4. The predicted octanol–water partition coefficient (Wildman–Crippen LogP) is 3.21. The molecule has 33 heavy (non-hydrogen) atoms. The molecular formula is C25H32FN3O4. The molecule has 1 saturated carbocycles. The molecule has 1 N–H and O–H groups in total. The van der Waals surface area contributed by atoms with Crippen molar-refractivity contribution in [1.29, 1.82) is 0 Å². The number of carbonyl (C=O) groups is 2. The van der Waals surface area contributed by atoms with Gasteiger partial charge in [0.05, 0.1) is 43.6 Å². The fourth-order valence-corrected chi connectivity index (χ4v) is 5.03. The normalized spacial score (nSPS) is 20.4. The number of amides is 1. The van der Waals surface area contributed by atoms with E-state index in [4.69, 9.17) is 4.74 Å². The number of carbonyl (C=O) groups excluding carboxylic acids is 2. The maximum absolute atomic E-state index is 13.3. The molecule has 2 aliphatic rings. The van der Waals surface area contributed by atoms with Gasteiger partial charge in [0.25, 0.3) is 0 Å². The zero-order valence-corrected chi connectivity index (χ0v) is 19.1. The van der Waals surface area contributed by atoms with E-state index in [0.29, 0.717) is 50.7 Å². The summed E-state index contributed by atoms with van der Waals surface area (Å²) in [7, 11) is 0. The minimum absolute atomic E-state index is 0.0356. The lowest BCUT2D eigenvalue weighted by molar-refractivity contribution is -0.149. The van der Waals surface area contributed by atoms with Gasteiger partial charge in [0.1, 0.15) is 5.82 Å². The highest BCUT2D eigenvalue weighted by Gasteiger charge is 2.31. The summed E-state index contributed by atoms with van der Waals surface area (Å²) < 4.78 is 20.2. The second-order valence-corrected chi connectivity index (χ2v) is 9.05. The van der Waals surface area contributed by atoms with Crippen LogP contribution in [0.5, 0.6) is 0 Å². The molecule has 1 aromatic heterocycles. The van der Waals surface area contributed by atoms with Crippen LogP contribution in [0.3, 0.4) is 0 Å². The van der Waals surface area contributed by atoms with Crippen LogP contribution < -0.4 is 0 Å². The summed E-state index contributed by atoms with van der Waals surface area (Å²) in [4.78, 5) is 26.9. The number of ether oxygens (including phenoxy) is 1. The Hall–Kier alpha value is -2.74. The molecule has 2 aromatic rings. The molecule has 8 heteroatoms. The van der Waals surface area contributed by atoms with Crippen molar-refractivity contribution in [2.75, 3.05) is 13.2 Å². The smallest absolute Gasteiger partial charge is 0.308 e. The standard InChI is InChI=1S/C25H32FN3O4/c1-2-33-25(32)19-7-3-17(4-8-19)13-24(31)28-12-11-21-22(16-30)27-29(23(21)15-28)14-18-5-9-20(26)10-6-18/h5-6,9-10,17,19,30H,2-4,7-8,11-16H2,1H3. The van der Waals surface area contributed by atoms with Crippen LogP contribution >= 0.6 is 0 Å². The van der Waals surface area contributed by atoms with Crippen LogP contribution in [-0.2, 0) is 40.4 Å². The molecule has 0 atom stereocenters. The van der Waals surface area contributed by atoms with E-state index < -0.39 is 0 Å². The largest absolute Gasteiger partial charge is 0.466 e. The Kier molecular flexibility index (Phi) is 7.42. The van der Waals surface area contributed by atoms with Crippen LogP contribution in [0.4, 0.5) is 4.39 Å². The van der Waals surface area contributed by atoms with Crippen LogP contribution in [0.15, 0.2) is 24.3 Å². The van der Waals surface area contributed by atoms with Crippen LogP contribution in [0.1, 0.15) is 61.5 Å². The van der Waals surface area contributed by atoms with Crippen molar-refractivity contribution in [3.05, 3.63) is 52.6 Å². The van der Waals surface area contributed by atoms with Gasteiger partial charge >= 0.3 is 5.97 Å². The van der Waals surface area contributed by atoms with Crippen molar-refractivity contribution in [2.24, 2.45) is 11.8 Å². The topological polar surface area (TPSA) is 84.7 Å². The molecule has 0 spiro atoms. The number of aliphatic hydroxyl groups is 1. The molecular weight excluding hydrogens is 425 g/mol. The maximum atomic E-state index is 13.3. The third-order valence-electron chi connectivity index (χ3n) is 6.90. The number of rotatable bonds is 7. The minimum Gasteiger partial charge on any atom is -0.466 e. The van der Waals surface area contributed by atoms with E-state index in [1.54, 1.807) is 12.1 Å². The maximum Gasteiger partial charge on any atom is 0.308 e. The van der Waals surface area contributed by atoms with Gasteiger partial charge in [-0.2, -0.15) is 5.10 Å². The molecule has 1 fully saturated rings. The molecule has 1 aliphatic heterocycles. The number of aromatic nitrogens is 2. The van der Waals surface area contributed by atoms with E-state index in [1.807, 2.05) is 16.5 Å². The van der Waals surface area contributed by atoms with Gasteiger partial charge in [-0.05, 0) is 62.6 Å². The molecule has 1 aliphatic carbocycles. The molecule has 0 bridgehead atoms. The monoisotopic (exact) mass is 457 g/mol. The quantitative estimate of drug-likeness (QED) is 0.646. The van der Waals surface area contributed by atoms with Crippen LogP contribution in [0.25, 0.3) is 0 Å². The van der Waals surface area contributed by atoms with E-state index in [-0.39, 0.29) is 30.2 Å². The second kappa shape index (κ2) is 10.5. The second-order valence-electron chi connectivity index (χ2n) is 9.05. The summed E-state index contributed by atoms with van der Waals surface area (Å²) in [6.45, 7) is 3.62. The molecule has 1 amide bonds. The number of benzene rings is 1. The van der Waals surface area contributed by atoms with Gasteiger partial charge in [0.15, 0.2) is 0 Å². The number of hydrogen-bond acceptors (Lipinski definition) is 5. The number of aliphatic hydroxyl groups excluding tert-OH is 1. The van der Waals surface area contributed by atoms with Crippen molar-refractivity contribution in [1.82, 2.24) is 14.7 Å². The van der Waals surface area contributed by atoms with E-state index >= 15 is 0 Å². The summed E-state index contributed by atoms with van der Waals surface area (Å²) in [6, 6.07) is 6.29. The van der Waals surface area contributed by atoms with Gasteiger partial charge in [-0.1, -0.05) is 12.1 Å². The average Bonchev–Trinajstić information content (AvgIpc) is 3.18. The summed E-state index contributed by atoms with van der Waals surface area (Å²) >= 11 is 0. The Balaban J connectivity index is 1.38. The number of hydrogen-bond donors (Lipinski definition) is 1. The fourth-order valence-electron chi connectivity index (χ4n) is 5.03. The van der Waals surface area contributed by atoms with E-state index in [9.17, 15) is 19.1 Å². The first kappa shape index (κ1) is 23.4. The van der Waals surface area contributed by atoms with Gasteiger partial charge < -0.3 is 14.7 Å². The van der Waals surface area contributed by atoms with Crippen molar-refractivity contribution in [2.45, 2.75) is 65.1 Å². The van der Waals surface area contributed by atoms with Crippen molar-refractivity contribution in [3.63, 3.8) is 0 Å². The average molecular weight is 458 g/mol. The van der Waals surface area contributed by atoms with Gasteiger partial charge in [-0.25, -0.2) is 4.39 Å². The van der Waals surface area contributed by atoms with E-state index in [1.165, 1.54) is 12.1 Å². The molecule has 0 saturated heterocycles. The first-order valence-corrected chi connectivity index (χ1v) is 11.9. The zero-order valence-electron chi connectivity index (χ0n) is 19.1. The third kappa shape index (κ3) is 5.43. The molecule has 0 unspecified atom stereocenters. The van der Waals surface area contributed by atoms with Crippen molar-refractivity contribution in [3.8, 4) is 0 Å².